The molecule has 2 atom stereocenters. The molecule has 2 unspecified atom stereocenters. The number of hydrogen-bond donors (Lipinski definition) is 1. The van der Waals surface area contributed by atoms with Gasteiger partial charge in [-0.3, -0.25) is 0 Å². The fourth-order valence-corrected chi connectivity index (χ4v) is 2.27. The standard InChI is InChI=1S/C16H16ClFO/c1-11(13-5-3-2-4-6-13)16(19)10-12-7-8-15(18)14(17)9-12/h2-9,11,16,19H,10H2,1H3. The molecule has 0 aromatic heterocycles. The summed E-state index contributed by atoms with van der Waals surface area (Å²) in [7, 11) is 0. The largest absolute Gasteiger partial charge is 0.392 e. The molecular weight excluding hydrogens is 263 g/mol. The molecule has 1 N–H and O–H groups in total. The van der Waals surface area contributed by atoms with Crippen LogP contribution in [0, 0.1) is 5.82 Å². The highest BCUT2D eigenvalue weighted by Gasteiger charge is 2.17. The summed E-state index contributed by atoms with van der Waals surface area (Å²) in [6.07, 6.45) is -0.0697. The molecule has 0 radical (unpaired) electrons. The Labute approximate surface area is 117 Å². The third kappa shape index (κ3) is 3.55. The van der Waals surface area contributed by atoms with Crippen LogP contribution in [0.25, 0.3) is 0 Å². The lowest BCUT2D eigenvalue weighted by Gasteiger charge is -2.19. The molecule has 0 heterocycles. The van der Waals surface area contributed by atoms with Crippen molar-refractivity contribution in [1.82, 2.24) is 0 Å². The maximum absolute atomic E-state index is 13.1. The molecular formula is C16H16ClFO. The SMILES string of the molecule is CC(c1ccccc1)C(O)Cc1ccc(F)c(Cl)c1. The average molecular weight is 279 g/mol. The first kappa shape index (κ1) is 14.0. The topological polar surface area (TPSA) is 20.2 Å². The van der Waals surface area contributed by atoms with Gasteiger partial charge in [0, 0.05) is 5.92 Å². The van der Waals surface area contributed by atoms with Crippen molar-refractivity contribution in [3.05, 3.63) is 70.5 Å². The minimum absolute atomic E-state index is 0.0185. The van der Waals surface area contributed by atoms with E-state index in [1.165, 1.54) is 6.07 Å². The van der Waals surface area contributed by atoms with Crippen LogP contribution in [-0.4, -0.2) is 11.2 Å². The van der Waals surface area contributed by atoms with Crippen molar-refractivity contribution in [2.24, 2.45) is 0 Å². The molecule has 0 aliphatic carbocycles. The second kappa shape index (κ2) is 6.18. The third-order valence-electron chi connectivity index (χ3n) is 3.33. The van der Waals surface area contributed by atoms with Crippen LogP contribution in [0.2, 0.25) is 5.02 Å². The van der Waals surface area contributed by atoms with Crippen LogP contribution in [-0.2, 0) is 6.42 Å². The Morgan fingerprint density at radius 2 is 1.84 bits per heavy atom. The summed E-state index contributed by atoms with van der Waals surface area (Å²) >= 11 is 5.74. The highest BCUT2D eigenvalue weighted by Crippen LogP contribution is 2.23. The highest BCUT2D eigenvalue weighted by molar-refractivity contribution is 6.30. The van der Waals surface area contributed by atoms with E-state index in [2.05, 4.69) is 0 Å². The summed E-state index contributed by atoms with van der Waals surface area (Å²) in [5.41, 5.74) is 1.92. The minimum Gasteiger partial charge on any atom is -0.392 e. The molecule has 2 rings (SSSR count). The lowest BCUT2D eigenvalue weighted by molar-refractivity contribution is 0.149. The lowest BCUT2D eigenvalue weighted by atomic mass is 9.91. The van der Waals surface area contributed by atoms with Crippen LogP contribution >= 0.6 is 11.6 Å². The van der Waals surface area contributed by atoms with Gasteiger partial charge in [0.05, 0.1) is 11.1 Å². The van der Waals surface area contributed by atoms with Crippen LogP contribution in [0.1, 0.15) is 24.0 Å². The van der Waals surface area contributed by atoms with Crippen molar-refractivity contribution in [2.45, 2.75) is 25.4 Å². The Balaban J connectivity index is 2.08. The Kier molecular flexibility index (Phi) is 4.56. The van der Waals surface area contributed by atoms with Crippen LogP contribution in [0.5, 0.6) is 0 Å². The van der Waals surface area contributed by atoms with E-state index in [1.807, 2.05) is 37.3 Å². The van der Waals surface area contributed by atoms with Crippen molar-refractivity contribution in [3.8, 4) is 0 Å². The lowest BCUT2D eigenvalue weighted by Crippen LogP contribution is -2.18. The number of rotatable bonds is 4. The number of aliphatic hydroxyl groups excluding tert-OH is 1. The molecule has 0 saturated heterocycles. The predicted molar refractivity (Wildman–Crippen MR) is 76.0 cm³/mol. The quantitative estimate of drug-likeness (QED) is 0.889. The fourth-order valence-electron chi connectivity index (χ4n) is 2.06. The molecule has 0 aliphatic rings. The molecule has 3 heteroatoms. The zero-order valence-electron chi connectivity index (χ0n) is 10.7. The van der Waals surface area contributed by atoms with Gasteiger partial charge in [-0.05, 0) is 29.7 Å². The summed E-state index contributed by atoms with van der Waals surface area (Å²) in [6, 6.07) is 14.4. The molecule has 2 aromatic carbocycles. The fraction of sp³-hybridized carbons (Fsp3) is 0.250. The third-order valence-corrected chi connectivity index (χ3v) is 3.62. The van der Waals surface area contributed by atoms with Crippen LogP contribution in [0.15, 0.2) is 48.5 Å². The zero-order chi connectivity index (χ0) is 13.8. The molecule has 0 amide bonds. The van der Waals surface area contributed by atoms with E-state index in [0.29, 0.717) is 6.42 Å². The maximum atomic E-state index is 13.1. The van der Waals surface area contributed by atoms with E-state index in [-0.39, 0.29) is 10.9 Å². The van der Waals surface area contributed by atoms with Gasteiger partial charge >= 0.3 is 0 Å². The van der Waals surface area contributed by atoms with E-state index in [1.54, 1.807) is 12.1 Å². The van der Waals surface area contributed by atoms with Crippen LogP contribution in [0.3, 0.4) is 0 Å². The Morgan fingerprint density at radius 1 is 1.16 bits per heavy atom. The first-order chi connectivity index (χ1) is 9.08. The van der Waals surface area contributed by atoms with Gasteiger partial charge in [0.25, 0.3) is 0 Å². The molecule has 0 fully saturated rings. The van der Waals surface area contributed by atoms with Gasteiger partial charge in [-0.25, -0.2) is 4.39 Å². The van der Waals surface area contributed by atoms with Crippen molar-refractivity contribution >= 4 is 11.6 Å². The molecule has 0 bridgehead atoms. The summed E-state index contributed by atoms with van der Waals surface area (Å²) in [4.78, 5) is 0. The van der Waals surface area contributed by atoms with Gasteiger partial charge in [-0.2, -0.15) is 0 Å². The smallest absolute Gasteiger partial charge is 0.141 e. The Bertz CT molecular complexity index is 542. The second-order valence-electron chi connectivity index (χ2n) is 4.72. The van der Waals surface area contributed by atoms with Gasteiger partial charge < -0.3 is 5.11 Å². The van der Waals surface area contributed by atoms with Crippen LogP contribution < -0.4 is 0 Å². The monoisotopic (exact) mass is 278 g/mol. The van der Waals surface area contributed by atoms with Crippen LogP contribution in [0.4, 0.5) is 4.39 Å². The number of hydrogen-bond acceptors (Lipinski definition) is 1. The van der Waals surface area contributed by atoms with Gasteiger partial charge in [-0.15, -0.1) is 0 Å². The maximum Gasteiger partial charge on any atom is 0.141 e. The van der Waals surface area contributed by atoms with Crippen molar-refractivity contribution in [2.75, 3.05) is 0 Å². The number of aliphatic hydroxyl groups is 1. The van der Waals surface area contributed by atoms with Crippen molar-refractivity contribution in [1.29, 1.82) is 0 Å². The molecule has 0 spiro atoms. The minimum atomic E-state index is -0.524. The van der Waals surface area contributed by atoms with Gasteiger partial charge in [-0.1, -0.05) is 54.9 Å². The van der Waals surface area contributed by atoms with Gasteiger partial charge in [0.1, 0.15) is 5.82 Å². The molecule has 1 nitrogen and oxygen atoms in total. The predicted octanol–water partition coefficient (Wildman–Crippen LogP) is 4.19. The van der Waals surface area contributed by atoms with E-state index in [4.69, 9.17) is 11.6 Å². The Hall–Kier alpha value is -1.38. The van der Waals surface area contributed by atoms with E-state index in [0.717, 1.165) is 11.1 Å². The molecule has 0 aliphatic heterocycles. The summed E-state index contributed by atoms with van der Waals surface area (Å²) in [6.45, 7) is 1.98. The zero-order valence-corrected chi connectivity index (χ0v) is 11.4. The van der Waals surface area contributed by atoms with Crippen molar-refractivity contribution < 1.29 is 9.50 Å². The first-order valence-electron chi connectivity index (χ1n) is 6.25. The first-order valence-corrected chi connectivity index (χ1v) is 6.62. The van der Waals surface area contributed by atoms with Gasteiger partial charge in [0.15, 0.2) is 0 Å². The molecule has 19 heavy (non-hydrogen) atoms. The van der Waals surface area contributed by atoms with Gasteiger partial charge in [0.2, 0.25) is 0 Å². The highest BCUT2D eigenvalue weighted by atomic mass is 35.5. The summed E-state index contributed by atoms with van der Waals surface area (Å²) in [5, 5.41) is 10.3. The van der Waals surface area contributed by atoms with Crippen molar-refractivity contribution in [3.63, 3.8) is 0 Å². The summed E-state index contributed by atoms with van der Waals surface area (Å²) in [5.74, 6) is -0.416. The normalized spacial score (nSPS) is 14.1. The summed E-state index contributed by atoms with van der Waals surface area (Å²) < 4.78 is 13.1. The Morgan fingerprint density at radius 3 is 2.47 bits per heavy atom. The number of benzene rings is 2. The molecule has 0 saturated carbocycles. The van der Waals surface area contributed by atoms with E-state index < -0.39 is 11.9 Å². The number of halogens is 2. The molecule has 2 aromatic rings. The van der Waals surface area contributed by atoms with E-state index in [9.17, 15) is 9.50 Å². The second-order valence-corrected chi connectivity index (χ2v) is 5.13. The average Bonchev–Trinajstić information content (AvgIpc) is 2.43. The van der Waals surface area contributed by atoms with E-state index >= 15 is 0 Å². The molecule has 100 valence electrons.